The van der Waals surface area contributed by atoms with Gasteiger partial charge < -0.3 is 14.7 Å². The average molecular weight is 215 g/mol. The molecule has 1 aliphatic heterocycles. The molecule has 1 fully saturated rings. The number of esters is 2. The van der Waals surface area contributed by atoms with Crippen LogP contribution in [0.1, 0.15) is 20.3 Å². The van der Waals surface area contributed by atoms with Crippen LogP contribution in [0.3, 0.4) is 0 Å². The van der Waals surface area contributed by atoms with Crippen LogP contribution >= 0.6 is 0 Å². The zero-order chi connectivity index (χ0) is 11.6. The molecule has 0 bridgehead atoms. The van der Waals surface area contributed by atoms with Crippen LogP contribution < -0.4 is 0 Å². The van der Waals surface area contributed by atoms with Crippen molar-refractivity contribution in [1.82, 2.24) is 4.90 Å². The highest BCUT2D eigenvalue weighted by Crippen LogP contribution is 2.19. The summed E-state index contributed by atoms with van der Waals surface area (Å²) in [5.41, 5.74) is 0. The predicted octanol–water partition coefficient (Wildman–Crippen LogP) is -0.942. The van der Waals surface area contributed by atoms with Crippen LogP contribution in [-0.2, 0) is 19.1 Å². The van der Waals surface area contributed by atoms with E-state index >= 15 is 0 Å². The summed E-state index contributed by atoms with van der Waals surface area (Å²) in [6.07, 6.45) is -0.621. The highest BCUT2D eigenvalue weighted by molar-refractivity contribution is 5.90. The van der Waals surface area contributed by atoms with Crippen molar-refractivity contribution in [3.05, 3.63) is 0 Å². The molecule has 15 heavy (non-hydrogen) atoms. The van der Waals surface area contributed by atoms with Gasteiger partial charge in [0.05, 0.1) is 6.10 Å². The van der Waals surface area contributed by atoms with Crippen molar-refractivity contribution in [3.63, 3.8) is 0 Å². The van der Waals surface area contributed by atoms with Gasteiger partial charge in [-0.3, -0.25) is 9.59 Å². The molecule has 0 spiro atoms. The molecule has 1 heterocycles. The van der Waals surface area contributed by atoms with Gasteiger partial charge in [0.25, 0.3) is 0 Å². The number of aliphatic hydroxyl groups is 1. The zero-order valence-corrected chi connectivity index (χ0v) is 8.60. The quantitative estimate of drug-likeness (QED) is 0.450. The summed E-state index contributed by atoms with van der Waals surface area (Å²) < 4.78 is 4.38. The Morgan fingerprint density at radius 3 is 2.40 bits per heavy atom. The first kappa shape index (κ1) is 11.6. The molecule has 2 atom stereocenters. The summed E-state index contributed by atoms with van der Waals surface area (Å²) in [7, 11) is 0. The summed E-state index contributed by atoms with van der Waals surface area (Å²) in [6.45, 7) is 2.51. The lowest BCUT2D eigenvalue weighted by Gasteiger charge is -2.20. The zero-order valence-electron chi connectivity index (χ0n) is 8.60. The van der Waals surface area contributed by atoms with E-state index in [2.05, 4.69) is 4.74 Å². The van der Waals surface area contributed by atoms with Crippen LogP contribution in [0.4, 0.5) is 0 Å². The number of hydrogen-bond donors (Lipinski definition) is 1. The number of likely N-dealkylation sites (tertiary alicyclic amines) is 1. The van der Waals surface area contributed by atoms with Crippen molar-refractivity contribution in [2.75, 3.05) is 6.54 Å². The lowest BCUT2D eigenvalue weighted by atomic mass is 10.2. The third-order valence-corrected chi connectivity index (χ3v) is 2.20. The number of carbonyl (C=O) groups is 3. The van der Waals surface area contributed by atoms with E-state index in [1.54, 1.807) is 0 Å². The molecule has 6 heteroatoms. The summed E-state index contributed by atoms with van der Waals surface area (Å²) in [6, 6.07) is -0.846. The van der Waals surface area contributed by atoms with Crippen molar-refractivity contribution in [1.29, 1.82) is 0 Å². The lowest BCUT2D eigenvalue weighted by molar-refractivity contribution is -0.163. The maximum absolute atomic E-state index is 11.4. The Hall–Kier alpha value is -1.43. The normalized spacial score (nSPS) is 25.1. The van der Waals surface area contributed by atoms with Gasteiger partial charge >= 0.3 is 11.9 Å². The molecule has 0 aliphatic carbocycles. The predicted molar refractivity (Wildman–Crippen MR) is 48.6 cm³/mol. The number of nitrogens with zero attached hydrogens (tertiary/aromatic N) is 1. The van der Waals surface area contributed by atoms with Crippen LogP contribution in [0.2, 0.25) is 0 Å². The highest BCUT2D eigenvalue weighted by atomic mass is 16.6. The summed E-state index contributed by atoms with van der Waals surface area (Å²) in [5, 5.41) is 9.32. The van der Waals surface area contributed by atoms with E-state index in [1.807, 2.05) is 0 Å². The number of rotatable bonds is 1. The molecule has 0 aromatic carbocycles. The van der Waals surface area contributed by atoms with Crippen LogP contribution in [0, 0.1) is 0 Å². The minimum atomic E-state index is -0.846. The van der Waals surface area contributed by atoms with Gasteiger partial charge in [-0.05, 0) is 0 Å². The van der Waals surface area contributed by atoms with Crippen molar-refractivity contribution in [2.24, 2.45) is 0 Å². The first-order chi connectivity index (χ1) is 6.91. The van der Waals surface area contributed by atoms with Crippen molar-refractivity contribution < 1.29 is 24.2 Å². The van der Waals surface area contributed by atoms with E-state index in [0.717, 1.165) is 6.92 Å². The second-order valence-corrected chi connectivity index (χ2v) is 3.49. The van der Waals surface area contributed by atoms with Gasteiger partial charge in [-0.2, -0.15) is 0 Å². The summed E-state index contributed by atoms with van der Waals surface area (Å²) in [5.74, 6) is -1.82. The van der Waals surface area contributed by atoms with E-state index in [4.69, 9.17) is 0 Å². The molecule has 0 radical (unpaired) electrons. The molecule has 1 amide bonds. The van der Waals surface area contributed by atoms with Gasteiger partial charge in [0, 0.05) is 26.8 Å². The maximum atomic E-state index is 11.4. The Morgan fingerprint density at radius 1 is 1.33 bits per heavy atom. The Morgan fingerprint density at radius 2 is 1.93 bits per heavy atom. The Bertz CT molecular complexity index is 301. The van der Waals surface area contributed by atoms with Gasteiger partial charge in [-0.1, -0.05) is 0 Å². The van der Waals surface area contributed by atoms with Crippen molar-refractivity contribution in [2.45, 2.75) is 32.4 Å². The fraction of sp³-hybridized carbons (Fsp3) is 0.667. The Kier molecular flexibility index (Phi) is 3.41. The van der Waals surface area contributed by atoms with Crippen LogP contribution in [-0.4, -0.2) is 46.5 Å². The van der Waals surface area contributed by atoms with E-state index in [0.29, 0.717) is 0 Å². The largest absolute Gasteiger partial charge is 0.392 e. The first-order valence-electron chi connectivity index (χ1n) is 4.59. The molecule has 0 saturated carbocycles. The van der Waals surface area contributed by atoms with Gasteiger partial charge in [0.2, 0.25) is 5.91 Å². The SMILES string of the molecule is CC(=O)OC(=O)C1CC(O)CN1C(C)=O. The minimum absolute atomic E-state index is 0.104. The number of carbonyl (C=O) groups excluding carboxylic acids is 3. The molecule has 1 aliphatic rings. The fourth-order valence-corrected chi connectivity index (χ4v) is 1.59. The molecule has 6 nitrogen and oxygen atoms in total. The second kappa shape index (κ2) is 4.39. The van der Waals surface area contributed by atoms with E-state index in [9.17, 15) is 19.5 Å². The third kappa shape index (κ3) is 2.76. The average Bonchev–Trinajstić information content (AvgIpc) is 2.46. The van der Waals surface area contributed by atoms with E-state index in [-0.39, 0.29) is 18.9 Å². The third-order valence-electron chi connectivity index (χ3n) is 2.20. The molecule has 1 saturated heterocycles. The molecule has 0 aromatic rings. The smallest absolute Gasteiger partial charge is 0.336 e. The molecule has 84 valence electrons. The van der Waals surface area contributed by atoms with Crippen LogP contribution in [0.15, 0.2) is 0 Å². The number of amides is 1. The van der Waals surface area contributed by atoms with Crippen molar-refractivity contribution in [3.8, 4) is 0 Å². The van der Waals surface area contributed by atoms with Gasteiger partial charge in [0.1, 0.15) is 6.04 Å². The van der Waals surface area contributed by atoms with E-state index in [1.165, 1.54) is 11.8 Å². The second-order valence-electron chi connectivity index (χ2n) is 3.49. The summed E-state index contributed by atoms with van der Waals surface area (Å²) in [4.78, 5) is 34.2. The fourth-order valence-electron chi connectivity index (χ4n) is 1.59. The number of hydrogen-bond acceptors (Lipinski definition) is 5. The van der Waals surface area contributed by atoms with E-state index < -0.39 is 24.1 Å². The Labute approximate surface area is 86.8 Å². The van der Waals surface area contributed by atoms with Crippen LogP contribution in [0.5, 0.6) is 0 Å². The van der Waals surface area contributed by atoms with Gasteiger partial charge in [0.15, 0.2) is 0 Å². The molecular weight excluding hydrogens is 202 g/mol. The molecule has 0 aromatic heterocycles. The standard InChI is InChI=1S/C9H13NO5/c1-5(11)10-4-7(13)3-8(10)9(14)15-6(2)12/h7-8,13H,3-4H2,1-2H3. The maximum Gasteiger partial charge on any atom is 0.336 e. The lowest BCUT2D eigenvalue weighted by Crippen LogP contribution is -2.40. The van der Waals surface area contributed by atoms with Gasteiger partial charge in [-0.25, -0.2) is 4.79 Å². The van der Waals surface area contributed by atoms with Crippen molar-refractivity contribution >= 4 is 17.8 Å². The number of ether oxygens (including phenoxy) is 1. The topological polar surface area (TPSA) is 83.9 Å². The molecular formula is C9H13NO5. The Balaban J connectivity index is 2.70. The molecule has 1 rings (SSSR count). The minimum Gasteiger partial charge on any atom is -0.392 e. The summed E-state index contributed by atoms with van der Waals surface area (Å²) >= 11 is 0. The number of aliphatic hydroxyl groups excluding tert-OH is 1. The van der Waals surface area contributed by atoms with Crippen LogP contribution in [0.25, 0.3) is 0 Å². The highest BCUT2D eigenvalue weighted by Gasteiger charge is 2.38. The number of β-amino-alcohol motifs (C(OH)–C–C–N with tert-alkyl or cyclic N) is 1. The van der Waals surface area contributed by atoms with Gasteiger partial charge in [-0.15, -0.1) is 0 Å². The molecule has 1 N–H and O–H groups in total. The monoisotopic (exact) mass is 215 g/mol. The first-order valence-corrected chi connectivity index (χ1v) is 4.59. The molecule has 2 unspecified atom stereocenters.